The number of nitrogens with one attached hydrogen (secondary N) is 1. The molecule has 1 N–H and O–H groups in total. The van der Waals surface area contributed by atoms with Crippen molar-refractivity contribution in [2.45, 2.75) is 6.61 Å². The van der Waals surface area contributed by atoms with Gasteiger partial charge in [-0.05, 0) is 24.3 Å². The molecule has 1 aromatic carbocycles. The number of carbonyl (C=O) groups excluding carboxylic acids is 1. The Morgan fingerprint density at radius 2 is 2.00 bits per heavy atom. The Morgan fingerprint density at radius 3 is 2.65 bits per heavy atom. The van der Waals surface area contributed by atoms with Gasteiger partial charge in [-0.15, -0.1) is 0 Å². The number of anilines is 1. The Hall–Kier alpha value is -2.21. The number of para-hydroxylation sites is 1. The van der Waals surface area contributed by atoms with Crippen LogP contribution in [-0.2, 0) is 0 Å². The van der Waals surface area contributed by atoms with Crippen molar-refractivity contribution >= 4 is 23.3 Å². The first-order chi connectivity index (χ1) is 9.56. The quantitative estimate of drug-likeness (QED) is 0.938. The van der Waals surface area contributed by atoms with Gasteiger partial charge in [0.15, 0.2) is 0 Å². The predicted molar refractivity (Wildman–Crippen MR) is 70.3 cm³/mol. The minimum Gasteiger partial charge on any atom is -0.434 e. The SMILES string of the molecule is O=C(Nc1ccc(Cl)cn1)c1ccccc1OC(F)F. The molecule has 0 unspecified atom stereocenters. The highest BCUT2D eigenvalue weighted by molar-refractivity contribution is 6.30. The van der Waals surface area contributed by atoms with Crippen molar-refractivity contribution < 1.29 is 18.3 Å². The zero-order valence-corrected chi connectivity index (χ0v) is 10.8. The normalized spacial score (nSPS) is 10.4. The van der Waals surface area contributed by atoms with E-state index in [-0.39, 0.29) is 17.1 Å². The molecule has 0 aliphatic rings. The Kier molecular flexibility index (Phi) is 4.47. The fourth-order valence-electron chi connectivity index (χ4n) is 1.49. The van der Waals surface area contributed by atoms with Gasteiger partial charge in [-0.1, -0.05) is 23.7 Å². The van der Waals surface area contributed by atoms with Crippen molar-refractivity contribution in [3.63, 3.8) is 0 Å². The average molecular weight is 299 g/mol. The van der Waals surface area contributed by atoms with Gasteiger partial charge in [0.05, 0.1) is 10.6 Å². The summed E-state index contributed by atoms with van der Waals surface area (Å²) in [5, 5.41) is 2.89. The van der Waals surface area contributed by atoms with Crippen molar-refractivity contribution in [3.8, 4) is 5.75 Å². The van der Waals surface area contributed by atoms with Crippen LogP contribution in [-0.4, -0.2) is 17.5 Å². The van der Waals surface area contributed by atoms with Crippen LogP contribution >= 0.6 is 11.6 Å². The van der Waals surface area contributed by atoms with Crippen molar-refractivity contribution in [1.82, 2.24) is 4.98 Å². The molecule has 20 heavy (non-hydrogen) atoms. The van der Waals surface area contributed by atoms with E-state index in [0.717, 1.165) is 0 Å². The smallest absolute Gasteiger partial charge is 0.387 e. The zero-order chi connectivity index (χ0) is 14.5. The number of carbonyl (C=O) groups is 1. The molecular weight excluding hydrogens is 290 g/mol. The number of alkyl halides is 2. The summed E-state index contributed by atoms with van der Waals surface area (Å²) >= 11 is 5.67. The molecule has 0 aliphatic carbocycles. The first kappa shape index (κ1) is 14.2. The third-order valence-corrected chi connectivity index (χ3v) is 2.54. The second-order valence-electron chi connectivity index (χ2n) is 3.69. The number of aromatic nitrogens is 1. The molecule has 0 bridgehead atoms. The number of hydrogen-bond donors (Lipinski definition) is 1. The average Bonchev–Trinajstić information content (AvgIpc) is 2.41. The van der Waals surface area contributed by atoms with E-state index in [4.69, 9.17) is 11.6 Å². The van der Waals surface area contributed by atoms with Gasteiger partial charge in [-0.3, -0.25) is 4.79 Å². The van der Waals surface area contributed by atoms with Crippen LogP contribution in [0.1, 0.15) is 10.4 Å². The van der Waals surface area contributed by atoms with E-state index < -0.39 is 12.5 Å². The van der Waals surface area contributed by atoms with Gasteiger partial charge in [0.25, 0.3) is 5.91 Å². The second kappa shape index (κ2) is 6.29. The number of benzene rings is 1. The summed E-state index contributed by atoms with van der Waals surface area (Å²) in [6, 6.07) is 8.75. The number of pyridine rings is 1. The maximum Gasteiger partial charge on any atom is 0.387 e. The van der Waals surface area contributed by atoms with Crippen LogP contribution in [0.2, 0.25) is 5.02 Å². The molecule has 0 spiro atoms. The van der Waals surface area contributed by atoms with Crippen LogP contribution in [0.15, 0.2) is 42.6 Å². The number of halogens is 3. The summed E-state index contributed by atoms with van der Waals surface area (Å²) in [4.78, 5) is 15.9. The van der Waals surface area contributed by atoms with Crippen LogP contribution in [0.5, 0.6) is 5.75 Å². The van der Waals surface area contributed by atoms with E-state index in [1.807, 2.05) is 0 Å². The fraction of sp³-hybridized carbons (Fsp3) is 0.0769. The molecule has 1 aromatic heterocycles. The van der Waals surface area contributed by atoms with Crippen LogP contribution in [0.4, 0.5) is 14.6 Å². The van der Waals surface area contributed by atoms with E-state index in [0.29, 0.717) is 5.02 Å². The van der Waals surface area contributed by atoms with Gasteiger partial charge in [0.1, 0.15) is 11.6 Å². The van der Waals surface area contributed by atoms with E-state index in [2.05, 4.69) is 15.0 Å². The first-order valence-corrected chi connectivity index (χ1v) is 5.91. The number of amides is 1. The molecule has 1 amide bonds. The summed E-state index contributed by atoms with van der Waals surface area (Å²) in [5.74, 6) is -0.545. The lowest BCUT2D eigenvalue weighted by molar-refractivity contribution is -0.0501. The molecule has 0 aliphatic heterocycles. The number of nitrogens with zero attached hydrogens (tertiary/aromatic N) is 1. The Bertz CT molecular complexity index is 606. The third kappa shape index (κ3) is 3.64. The highest BCUT2D eigenvalue weighted by atomic mass is 35.5. The molecule has 1 heterocycles. The van der Waals surface area contributed by atoms with Gasteiger partial charge >= 0.3 is 6.61 Å². The van der Waals surface area contributed by atoms with Crippen molar-refractivity contribution in [2.75, 3.05) is 5.32 Å². The maximum atomic E-state index is 12.3. The van der Waals surface area contributed by atoms with Gasteiger partial charge in [0, 0.05) is 6.20 Å². The van der Waals surface area contributed by atoms with Crippen LogP contribution < -0.4 is 10.1 Å². The van der Waals surface area contributed by atoms with Crippen molar-refractivity contribution in [2.24, 2.45) is 0 Å². The van der Waals surface area contributed by atoms with E-state index in [1.165, 1.54) is 30.5 Å². The number of ether oxygens (including phenoxy) is 1. The number of hydrogen-bond acceptors (Lipinski definition) is 3. The Labute approximate surface area is 118 Å². The summed E-state index contributed by atoms with van der Waals surface area (Å²) in [6.07, 6.45) is 1.36. The Morgan fingerprint density at radius 1 is 1.25 bits per heavy atom. The molecule has 4 nitrogen and oxygen atoms in total. The standard InChI is InChI=1S/C13H9ClF2N2O2/c14-8-5-6-11(17-7-8)18-12(19)9-3-1-2-4-10(9)20-13(15)16/h1-7,13H,(H,17,18,19). The molecule has 104 valence electrons. The molecular formula is C13H9ClF2N2O2. The fourth-order valence-corrected chi connectivity index (χ4v) is 1.60. The van der Waals surface area contributed by atoms with Gasteiger partial charge in [-0.2, -0.15) is 8.78 Å². The lowest BCUT2D eigenvalue weighted by Gasteiger charge is -2.10. The highest BCUT2D eigenvalue weighted by Crippen LogP contribution is 2.21. The molecule has 7 heteroatoms. The van der Waals surface area contributed by atoms with Crippen LogP contribution in [0.3, 0.4) is 0 Å². The highest BCUT2D eigenvalue weighted by Gasteiger charge is 2.15. The molecule has 0 fully saturated rings. The van der Waals surface area contributed by atoms with Crippen LogP contribution in [0.25, 0.3) is 0 Å². The minimum atomic E-state index is -3.00. The van der Waals surface area contributed by atoms with Gasteiger partial charge < -0.3 is 10.1 Å². The van der Waals surface area contributed by atoms with Gasteiger partial charge in [0.2, 0.25) is 0 Å². The van der Waals surface area contributed by atoms with E-state index >= 15 is 0 Å². The number of rotatable bonds is 4. The molecule has 2 aromatic rings. The van der Waals surface area contributed by atoms with Crippen molar-refractivity contribution in [3.05, 3.63) is 53.2 Å². The van der Waals surface area contributed by atoms with E-state index in [1.54, 1.807) is 12.1 Å². The maximum absolute atomic E-state index is 12.3. The molecule has 2 rings (SSSR count). The monoisotopic (exact) mass is 298 g/mol. The second-order valence-corrected chi connectivity index (χ2v) is 4.13. The summed E-state index contributed by atoms with van der Waals surface area (Å²) < 4.78 is 28.8. The molecule has 0 saturated carbocycles. The van der Waals surface area contributed by atoms with Crippen LogP contribution in [0, 0.1) is 0 Å². The summed E-state index contributed by atoms with van der Waals surface area (Å²) in [6.45, 7) is -3.00. The van der Waals surface area contributed by atoms with Crippen molar-refractivity contribution in [1.29, 1.82) is 0 Å². The third-order valence-electron chi connectivity index (χ3n) is 2.32. The summed E-state index contributed by atoms with van der Waals surface area (Å²) in [5.41, 5.74) is -0.00968. The lowest BCUT2D eigenvalue weighted by atomic mass is 10.2. The van der Waals surface area contributed by atoms with E-state index in [9.17, 15) is 13.6 Å². The Balaban J connectivity index is 2.18. The molecule has 0 saturated heterocycles. The molecule has 0 atom stereocenters. The zero-order valence-electron chi connectivity index (χ0n) is 10.0. The largest absolute Gasteiger partial charge is 0.434 e. The van der Waals surface area contributed by atoms with Gasteiger partial charge in [-0.25, -0.2) is 4.98 Å². The summed E-state index contributed by atoms with van der Waals surface area (Å²) in [7, 11) is 0. The topological polar surface area (TPSA) is 51.2 Å². The minimum absolute atomic E-state index is 0.00968. The first-order valence-electron chi connectivity index (χ1n) is 5.53. The molecule has 0 radical (unpaired) electrons. The predicted octanol–water partition coefficient (Wildman–Crippen LogP) is 3.59. The lowest BCUT2D eigenvalue weighted by Crippen LogP contribution is -2.15.